The number of benzene rings is 2. The molecule has 0 spiro atoms. The highest BCUT2D eigenvalue weighted by Gasteiger charge is 2.33. The first-order valence-corrected chi connectivity index (χ1v) is 12.9. The number of rotatable bonds is 5. The first-order chi connectivity index (χ1) is 16.4. The lowest BCUT2D eigenvalue weighted by atomic mass is 9.99. The molecule has 1 saturated heterocycles. The van der Waals surface area contributed by atoms with Gasteiger partial charge in [0.05, 0.1) is 57.9 Å². The lowest BCUT2D eigenvalue weighted by Crippen LogP contribution is -3.12. The molecule has 10 heteroatoms. The molecule has 1 aromatic heterocycles. The fraction of sp³-hybridized carbons (Fsp3) is 0.417. The van der Waals surface area contributed by atoms with Gasteiger partial charge in [0.25, 0.3) is 0 Å². The van der Waals surface area contributed by atoms with Crippen molar-refractivity contribution in [1.82, 2.24) is 14.3 Å². The van der Waals surface area contributed by atoms with Crippen molar-refractivity contribution in [3.8, 4) is 11.5 Å². The smallest absolute Gasteiger partial charge is 0.243 e. The van der Waals surface area contributed by atoms with E-state index in [0.717, 1.165) is 53.9 Å². The van der Waals surface area contributed by atoms with E-state index >= 15 is 0 Å². The van der Waals surface area contributed by atoms with Crippen LogP contribution in [0.2, 0.25) is 0 Å². The van der Waals surface area contributed by atoms with Crippen LogP contribution in [0.1, 0.15) is 11.1 Å². The number of nitrogens with one attached hydrogen (secondary N) is 1. The lowest BCUT2D eigenvalue weighted by Gasteiger charge is -2.34. The Labute approximate surface area is 200 Å². The van der Waals surface area contributed by atoms with E-state index in [1.165, 1.54) is 11.2 Å². The number of sulfonamides is 1. The zero-order valence-corrected chi connectivity index (χ0v) is 20.6. The van der Waals surface area contributed by atoms with E-state index in [9.17, 15) is 8.42 Å². The molecule has 0 radical (unpaired) electrons. The first kappa shape index (κ1) is 22.8. The molecular weight excluding hydrogens is 454 g/mol. The third-order valence-corrected chi connectivity index (χ3v) is 8.83. The minimum atomic E-state index is -3.57. The van der Waals surface area contributed by atoms with Gasteiger partial charge in [-0.05, 0) is 29.7 Å². The van der Waals surface area contributed by atoms with Gasteiger partial charge in [-0.2, -0.15) is 4.31 Å². The van der Waals surface area contributed by atoms with Crippen LogP contribution in [0.15, 0.2) is 41.6 Å². The number of nitrogens with zero attached hydrogens (tertiary/aromatic N) is 4. The van der Waals surface area contributed by atoms with Crippen molar-refractivity contribution in [2.45, 2.75) is 17.9 Å². The molecule has 0 amide bonds. The van der Waals surface area contributed by atoms with E-state index in [-0.39, 0.29) is 0 Å². The van der Waals surface area contributed by atoms with Crippen molar-refractivity contribution in [3.63, 3.8) is 0 Å². The van der Waals surface area contributed by atoms with E-state index in [1.54, 1.807) is 24.6 Å². The lowest BCUT2D eigenvalue weighted by molar-refractivity contribution is -0.883. The van der Waals surface area contributed by atoms with Crippen LogP contribution in [0, 0.1) is 0 Å². The summed E-state index contributed by atoms with van der Waals surface area (Å²) in [5.74, 6) is 1.96. The van der Waals surface area contributed by atoms with Gasteiger partial charge >= 0.3 is 0 Å². The standard InChI is InChI=1S/C24H29N5O4S/c1-27-9-11-29(12-10-27)34(30,31)23-6-4-5-17-7-8-28(15-19(17)23)24-18-13-21(32-2)22(33-3)14-20(18)25-16-26-24/h4-6,13-14,16H,7-12,15H2,1-3H3/p+1. The predicted octanol–water partition coefficient (Wildman–Crippen LogP) is 0.729. The second-order valence-corrected chi connectivity index (χ2v) is 10.8. The topological polar surface area (TPSA) is 89.3 Å². The first-order valence-electron chi connectivity index (χ1n) is 11.5. The molecule has 2 aliphatic heterocycles. The van der Waals surface area contributed by atoms with Crippen molar-refractivity contribution in [3.05, 3.63) is 47.8 Å². The van der Waals surface area contributed by atoms with Crippen molar-refractivity contribution in [2.24, 2.45) is 0 Å². The Kier molecular flexibility index (Phi) is 6.05. The van der Waals surface area contributed by atoms with Crippen molar-refractivity contribution >= 4 is 26.7 Å². The third kappa shape index (κ3) is 3.95. The minimum absolute atomic E-state index is 0.409. The maximum atomic E-state index is 13.6. The normalized spacial score (nSPS) is 17.6. The molecule has 9 nitrogen and oxygen atoms in total. The van der Waals surface area contributed by atoms with Crippen LogP contribution < -0.4 is 19.3 Å². The number of aromatic nitrogens is 2. The number of fused-ring (bicyclic) bond motifs is 2. The monoisotopic (exact) mass is 484 g/mol. The number of anilines is 1. The predicted molar refractivity (Wildman–Crippen MR) is 129 cm³/mol. The Balaban J connectivity index is 1.53. The molecule has 0 bridgehead atoms. The maximum Gasteiger partial charge on any atom is 0.243 e. The van der Waals surface area contributed by atoms with Gasteiger partial charge in [0.1, 0.15) is 12.1 Å². The summed E-state index contributed by atoms with van der Waals surface area (Å²) in [5, 5.41) is 0.839. The summed E-state index contributed by atoms with van der Waals surface area (Å²) in [5.41, 5.74) is 2.68. The molecule has 0 aliphatic carbocycles. The van der Waals surface area contributed by atoms with Crippen molar-refractivity contribution in [1.29, 1.82) is 0 Å². The van der Waals surface area contributed by atoms with Crippen LogP contribution >= 0.6 is 0 Å². The van der Waals surface area contributed by atoms with Gasteiger partial charge in [0.15, 0.2) is 11.5 Å². The van der Waals surface area contributed by atoms with Gasteiger partial charge in [0.2, 0.25) is 10.0 Å². The zero-order valence-electron chi connectivity index (χ0n) is 19.7. The van der Waals surface area contributed by atoms with Crippen LogP contribution in [-0.4, -0.2) is 76.7 Å². The summed E-state index contributed by atoms with van der Waals surface area (Å²) >= 11 is 0. The quantitative estimate of drug-likeness (QED) is 0.571. The molecule has 1 N–H and O–H groups in total. The molecule has 0 atom stereocenters. The van der Waals surface area contributed by atoms with Crippen LogP contribution in [0.4, 0.5) is 5.82 Å². The van der Waals surface area contributed by atoms with Gasteiger partial charge in [-0.3, -0.25) is 0 Å². The third-order valence-electron chi connectivity index (χ3n) is 6.84. The maximum absolute atomic E-state index is 13.6. The Morgan fingerprint density at radius 1 is 1.00 bits per heavy atom. The number of methoxy groups -OCH3 is 2. The highest BCUT2D eigenvalue weighted by molar-refractivity contribution is 7.89. The minimum Gasteiger partial charge on any atom is -0.493 e. The fourth-order valence-electron chi connectivity index (χ4n) is 4.84. The van der Waals surface area contributed by atoms with Crippen LogP contribution in [-0.2, 0) is 23.0 Å². The summed E-state index contributed by atoms with van der Waals surface area (Å²) in [7, 11) is 1.72. The van der Waals surface area contributed by atoms with E-state index < -0.39 is 10.0 Å². The summed E-state index contributed by atoms with van der Waals surface area (Å²) in [6.07, 6.45) is 2.28. The number of ether oxygens (including phenoxy) is 2. The molecule has 2 aliphatic rings. The Morgan fingerprint density at radius 3 is 2.47 bits per heavy atom. The van der Waals surface area contributed by atoms with Crippen molar-refractivity contribution < 1.29 is 22.8 Å². The second kappa shape index (κ2) is 9.01. The molecule has 3 aromatic rings. The molecule has 2 aromatic carbocycles. The highest BCUT2D eigenvalue weighted by atomic mass is 32.2. The molecule has 5 rings (SSSR count). The van der Waals surface area contributed by atoms with Gasteiger partial charge < -0.3 is 19.3 Å². The largest absolute Gasteiger partial charge is 0.493 e. The summed E-state index contributed by atoms with van der Waals surface area (Å²) in [4.78, 5) is 12.9. The van der Waals surface area contributed by atoms with Crippen LogP contribution in [0.3, 0.4) is 0 Å². The zero-order chi connectivity index (χ0) is 23.9. The summed E-state index contributed by atoms with van der Waals surface area (Å²) < 4.78 is 39.8. The van der Waals surface area contributed by atoms with E-state index in [1.807, 2.05) is 24.3 Å². The summed E-state index contributed by atoms with van der Waals surface area (Å²) in [6.45, 7) is 3.91. The fourth-order valence-corrected chi connectivity index (χ4v) is 6.54. The molecule has 3 heterocycles. The van der Waals surface area contributed by atoms with Gasteiger partial charge in [0, 0.05) is 24.5 Å². The Bertz CT molecular complexity index is 1320. The molecule has 0 unspecified atom stereocenters. The summed E-state index contributed by atoms with van der Waals surface area (Å²) in [6, 6.07) is 9.36. The van der Waals surface area contributed by atoms with Crippen molar-refractivity contribution in [2.75, 3.05) is 58.9 Å². The molecular formula is C24H30N5O4S+. The second-order valence-electron chi connectivity index (χ2n) is 8.85. The number of hydrogen-bond acceptors (Lipinski definition) is 7. The molecule has 180 valence electrons. The number of hydrogen-bond donors (Lipinski definition) is 1. The average molecular weight is 485 g/mol. The number of quaternary nitrogens is 1. The van der Waals surface area contributed by atoms with E-state index in [0.29, 0.717) is 36.0 Å². The van der Waals surface area contributed by atoms with Crippen LogP contribution in [0.5, 0.6) is 11.5 Å². The van der Waals surface area contributed by atoms with Gasteiger partial charge in [-0.1, -0.05) is 12.1 Å². The van der Waals surface area contributed by atoms with E-state index in [2.05, 4.69) is 21.9 Å². The Hall–Kier alpha value is -2.95. The molecule has 0 saturated carbocycles. The SMILES string of the molecule is COc1cc2ncnc(N3CCc4cccc(S(=O)(=O)N5CC[NH+](C)CC5)c4C3)c2cc1OC. The van der Waals surface area contributed by atoms with Gasteiger partial charge in [-0.25, -0.2) is 18.4 Å². The highest BCUT2D eigenvalue weighted by Crippen LogP contribution is 2.37. The van der Waals surface area contributed by atoms with Crippen LogP contribution in [0.25, 0.3) is 10.9 Å². The Morgan fingerprint density at radius 2 is 1.74 bits per heavy atom. The molecule has 1 fully saturated rings. The van der Waals surface area contributed by atoms with E-state index in [4.69, 9.17) is 9.47 Å². The van der Waals surface area contributed by atoms with Gasteiger partial charge in [-0.15, -0.1) is 0 Å². The number of piperazine rings is 1. The molecule has 34 heavy (non-hydrogen) atoms. The number of likely N-dealkylation sites (N-methyl/N-ethyl adjacent to an activating group) is 1. The average Bonchev–Trinajstić information content (AvgIpc) is 2.87.